The Hall–Kier alpha value is -0.976. The minimum Gasteiger partial charge on any atom is -0.318 e. The maximum absolute atomic E-state index is 2.61. The summed E-state index contributed by atoms with van der Waals surface area (Å²) < 4.78 is 0. The van der Waals surface area contributed by atoms with Gasteiger partial charge in [-0.05, 0) is 173 Å². The molecule has 1 radical (unpaired) electrons. The van der Waals surface area contributed by atoms with Gasteiger partial charge in [0.1, 0.15) is 0 Å². The van der Waals surface area contributed by atoms with Crippen LogP contribution in [-0.2, 0) is 32.7 Å². The molecule has 2 saturated carbocycles. The molecule has 0 spiro atoms. The summed E-state index contributed by atoms with van der Waals surface area (Å²) in [5, 5.41) is 0. The molecule has 0 nitrogen and oxygen atoms in total. The van der Waals surface area contributed by atoms with Crippen LogP contribution in [0.15, 0.2) is 11.1 Å². The van der Waals surface area contributed by atoms with Gasteiger partial charge in [0.05, 0.1) is 0 Å². The molecule has 0 N–H and O–H groups in total. The SMILES string of the molecule is CC1=C(C)C2[CH-]C(C)C(C)C2c2c(C)c(C)c(C)c(C)c21.CC1=C(C)C2[CH-]C(C)C(C)C2c2c(C)c(C)c(C)c(C)c21.[Y]. The second-order valence-corrected chi connectivity index (χ2v) is 15.1. The van der Waals surface area contributed by atoms with Crippen LogP contribution < -0.4 is 0 Å². The van der Waals surface area contributed by atoms with Gasteiger partial charge in [0.15, 0.2) is 0 Å². The zero-order valence-corrected chi connectivity index (χ0v) is 33.2. The van der Waals surface area contributed by atoms with E-state index in [4.69, 9.17) is 0 Å². The predicted octanol–water partition coefficient (Wildman–Crippen LogP) is 11.8. The summed E-state index contributed by atoms with van der Waals surface area (Å²) in [6.45, 7) is 37.6. The molecule has 2 aromatic carbocycles. The standard InChI is InChI=1S/2C21H29.Y/c2*1-10-9-18-14(5)17(8)19-15(6)12(3)13(4)16(7)21(19)20(18)11(10)2;/h2*9-11,18,20H,1-8H3;/q2*-1;. The number of fused-ring (bicyclic) bond motifs is 6. The van der Waals surface area contributed by atoms with Crippen molar-refractivity contribution in [2.45, 2.75) is 123 Å². The average molecular weight is 652 g/mol. The third kappa shape index (κ3) is 5.07. The van der Waals surface area contributed by atoms with Crippen LogP contribution >= 0.6 is 0 Å². The van der Waals surface area contributed by atoms with E-state index in [0.717, 1.165) is 23.7 Å². The van der Waals surface area contributed by atoms with Crippen molar-refractivity contribution in [3.63, 3.8) is 0 Å². The Morgan fingerprint density at radius 3 is 0.977 bits per heavy atom. The van der Waals surface area contributed by atoms with Crippen molar-refractivity contribution >= 4 is 11.1 Å². The van der Waals surface area contributed by atoms with Crippen molar-refractivity contribution in [2.75, 3.05) is 0 Å². The Kier molecular flexibility index (Phi) is 10.00. The molecule has 0 heterocycles. The fraction of sp³-hybridized carbons (Fsp3) is 0.571. The molecule has 4 aliphatic rings. The zero-order valence-electron chi connectivity index (χ0n) is 30.4. The first kappa shape index (κ1) is 34.9. The molecule has 0 saturated heterocycles. The maximum Gasteiger partial charge on any atom is 0 e. The van der Waals surface area contributed by atoms with Crippen LogP contribution in [0.5, 0.6) is 0 Å². The Balaban J connectivity index is 0.000000192. The van der Waals surface area contributed by atoms with E-state index in [0.29, 0.717) is 23.7 Å². The Morgan fingerprint density at radius 1 is 0.395 bits per heavy atom. The molecule has 43 heavy (non-hydrogen) atoms. The van der Waals surface area contributed by atoms with Crippen LogP contribution in [0.25, 0.3) is 11.1 Å². The summed E-state index contributed by atoms with van der Waals surface area (Å²) >= 11 is 0. The van der Waals surface area contributed by atoms with Gasteiger partial charge in [-0.1, -0.05) is 50.7 Å². The van der Waals surface area contributed by atoms with Crippen LogP contribution in [0.4, 0.5) is 0 Å². The second kappa shape index (κ2) is 12.3. The monoisotopic (exact) mass is 651 g/mol. The summed E-state index contributed by atoms with van der Waals surface area (Å²) in [6, 6.07) is 0. The number of hydrogen-bond donors (Lipinski definition) is 0. The molecule has 2 fully saturated rings. The minimum absolute atomic E-state index is 0. The van der Waals surface area contributed by atoms with Crippen molar-refractivity contribution in [2.24, 2.45) is 35.5 Å². The first-order chi connectivity index (χ1) is 19.5. The van der Waals surface area contributed by atoms with Gasteiger partial charge < -0.3 is 12.8 Å². The van der Waals surface area contributed by atoms with E-state index in [1.165, 1.54) is 44.5 Å². The molecule has 8 unspecified atom stereocenters. The Morgan fingerprint density at radius 2 is 0.674 bits per heavy atom. The maximum atomic E-state index is 2.61. The average Bonchev–Trinajstić information content (AvgIpc) is 3.42. The van der Waals surface area contributed by atoms with Crippen molar-refractivity contribution in [3.05, 3.63) is 90.7 Å². The van der Waals surface area contributed by atoms with E-state index in [1.54, 1.807) is 44.5 Å². The van der Waals surface area contributed by atoms with Crippen LogP contribution in [0, 0.1) is 104 Å². The molecular weight excluding hydrogens is 593 g/mol. The fourth-order valence-electron chi connectivity index (χ4n) is 9.64. The third-order valence-electron chi connectivity index (χ3n) is 13.7. The minimum atomic E-state index is 0. The normalized spacial score (nSPS) is 30.7. The van der Waals surface area contributed by atoms with E-state index in [9.17, 15) is 0 Å². The number of rotatable bonds is 0. The molecule has 0 aromatic heterocycles. The smallest absolute Gasteiger partial charge is 0 e. The van der Waals surface area contributed by atoms with Crippen molar-refractivity contribution in [3.8, 4) is 0 Å². The fourth-order valence-corrected chi connectivity index (χ4v) is 9.64. The molecule has 231 valence electrons. The van der Waals surface area contributed by atoms with Gasteiger partial charge in [0, 0.05) is 32.7 Å². The summed E-state index contributed by atoms with van der Waals surface area (Å²) in [7, 11) is 0. The Labute approximate surface area is 290 Å². The first-order valence-electron chi connectivity index (χ1n) is 16.8. The van der Waals surface area contributed by atoms with Gasteiger partial charge in [-0.3, -0.25) is 0 Å². The van der Waals surface area contributed by atoms with Crippen LogP contribution in [0.3, 0.4) is 0 Å². The van der Waals surface area contributed by atoms with E-state index < -0.39 is 0 Å². The Bertz CT molecular complexity index is 1410. The second-order valence-electron chi connectivity index (χ2n) is 15.1. The van der Waals surface area contributed by atoms with Gasteiger partial charge in [0.2, 0.25) is 0 Å². The molecule has 2 aromatic rings. The van der Waals surface area contributed by atoms with Crippen molar-refractivity contribution in [1.82, 2.24) is 0 Å². The molecule has 0 amide bonds. The van der Waals surface area contributed by atoms with Gasteiger partial charge in [-0.25, -0.2) is 0 Å². The largest absolute Gasteiger partial charge is 0.318 e. The zero-order chi connectivity index (χ0) is 31.3. The van der Waals surface area contributed by atoms with E-state index in [2.05, 4.69) is 124 Å². The quantitative estimate of drug-likeness (QED) is 0.249. The molecule has 0 bridgehead atoms. The summed E-state index contributed by atoms with van der Waals surface area (Å²) in [5.74, 6) is 5.62. The van der Waals surface area contributed by atoms with Gasteiger partial charge in [-0.15, -0.1) is 11.8 Å². The number of allylic oxidation sites excluding steroid dienone is 4. The molecule has 6 rings (SSSR count). The summed E-state index contributed by atoms with van der Waals surface area (Å²) in [6.07, 6.45) is 5.22. The van der Waals surface area contributed by atoms with Crippen LogP contribution in [-0.4, -0.2) is 0 Å². The van der Waals surface area contributed by atoms with Crippen molar-refractivity contribution < 1.29 is 32.7 Å². The summed E-state index contributed by atoms with van der Waals surface area (Å²) in [5.41, 5.74) is 24.8. The topological polar surface area (TPSA) is 0 Å². The van der Waals surface area contributed by atoms with E-state index >= 15 is 0 Å². The van der Waals surface area contributed by atoms with Gasteiger partial charge in [0.25, 0.3) is 0 Å². The molecule has 1 heteroatoms. The van der Waals surface area contributed by atoms with E-state index in [-0.39, 0.29) is 32.7 Å². The number of benzene rings is 2. The van der Waals surface area contributed by atoms with Crippen LogP contribution in [0.2, 0.25) is 0 Å². The van der Waals surface area contributed by atoms with Gasteiger partial charge >= 0.3 is 0 Å². The van der Waals surface area contributed by atoms with Gasteiger partial charge in [-0.2, -0.15) is 11.8 Å². The van der Waals surface area contributed by atoms with E-state index in [1.807, 2.05) is 0 Å². The first-order valence-corrected chi connectivity index (χ1v) is 16.8. The molecule has 0 aliphatic heterocycles. The molecular formula is C42H58Y-2. The third-order valence-corrected chi connectivity index (χ3v) is 13.7. The predicted molar refractivity (Wildman–Crippen MR) is 185 cm³/mol. The number of hydrogen-bond acceptors (Lipinski definition) is 0. The molecule has 8 atom stereocenters. The van der Waals surface area contributed by atoms with Crippen molar-refractivity contribution in [1.29, 1.82) is 0 Å². The molecule has 4 aliphatic carbocycles. The van der Waals surface area contributed by atoms with Crippen LogP contribution in [0.1, 0.15) is 134 Å². The summed E-state index contributed by atoms with van der Waals surface area (Å²) in [4.78, 5) is 0.